The molecule has 0 radical (unpaired) electrons. The second kappa shape index (κ2) is 11.9. The number of nitrogens with zero attached hydrogens (tertiary/aromatic N) is 2. The van der Waals surface area contributed by atoms with Crippen LogP contribution in [0.4, 0.5) is 11.4 Å². The first-order chi connectivity index (χ1) is 14.1. The van der Waals surface area contributed by atoms with Crippen molar-refractivity contribution in [1.29, 1.82) is 10.5 Å². The Labute approximate surface area is 171 Å². The van der Waals surface area contributed by atoms with Gasteiger partial charge in [-0.3, -0.25) is 9.59 Å². The fourth-order valence-corrected chi connectivity index (χ4v) is 2.80. The third-order valence-electron chi connectivity index (χ3n) is 4.40. The van der Waals surface area contributed by atoms with E-state index in [2.05, 4.69) is 10.6 Å². The average Bonchev–Trinajstić information content (AvgIpc) is 2.74. The number of anilines is 2. The normalized spacial score (nSPS) is 9.86. The molecule has 148 valence electrons. The SMILES string of the molecule is N#Cc1ccc(NC(=O)CCCCCCCC(=O)Nc2ccc(C#N)cc2)cc1. The third kappa shape index (κ3) is 8.28. The molecule has 0 spiro atoms. The van der Waals surface area contributed by atoms with Crippen molar-refractivity contribution in [3.63, 3.8) is 0 Å². The molecule has 0 saturated carbocycles. The van der Waals surface area contributed by atoms with Gasteiger partial charge in [-0.25, -0.2) is 0 Å². The number of carbonyl (C=O) groups excluding carboxylic acids is 2. The average molecular weight is 388 g/mol. The van der Waals surface area contributed by atoms with Gasteiger partial charge in [0.2, 0.25) is 11.8 Å². The van der Waals surface area contributed by atoms with E-state index in [0.29, 0.717) is 35.3 Å². The quantitative estimate of drug-likeness (QED) is 0.573. The molecule has 0 heterocycles. The Kier molecular flexibility index (Phi) is 8.92. The fourth-order valence-electron chi connectivity index (χ4n) is 2.80. The van der Waals surface area contributed by atoms with Crippen molar-refractivity contribution in [2.24, 2.45) is 0 Å². The van der Waals surface area contributed by atoms with Gasteiger partial charge in [0.25, 0.3) is 0 Å². The zero-order valence-electron chi connectivity index (χ0n) is 16.3. The Hall–Kier alpha value is -3.64. The molecule has 0 aliphatic rings. The standard InChI is InChI=1S/C23H24N4O2/c24-16-18-8-12-20(13-9-18)26-22(28)6-4-2-1-3-5-7-23(29)27-21-14-10-19(17-25)11-15-21/h8-15H,1-7H2,(H,26,28)(H,27,29). The highest BCUT2D eigenvalue weighted by molar-refractivity contribution is 5.91. The van der Waals surface area contributed by atoms with Crippen LogP contribution in [-0.2, 0) is 9.59 Å². The molecule has 2 amide bonds. The summed E-state index contributed by atoms with van der Waals surface area (Å²) in [6.07, 6.45) is 5.39. The van der Waals surface area contributed by atoms with Gasteiger partial charge in [-0.2, -0.15) is 10.5 Å². The minimum absolute atomic E-state index is 0.0310. The molecule has 0 aliphatic heterocycles. The van der Waals surface area contributed by atoms with Crippen molar-refractivity contribution in [1.82, 2.24) is 0 Å². The van der Waals surface area contributed by atoms with E-state index in [4.69, 9.17) is 10.5 Å². The summed E-state index contributed by atoms with van der Waals surface area (Å²) in [6, 6.07) is 17.7. The monoisotopic (exact) mass is 388 g/mol. The van der Waals surface area contributed by atoms with E-state index in [9.17, 15) is 9.59 Å². The predicted molar refractivity (Wildman–Crippen MR) is 112 cm³/mol. The number of nitriles is 2. The summed E-state index contributed by atoms with van der Waals surface area (Å²) >= 11 is 0. The van der Waals surface area contributed by atoms with Gasteiger partial charge in [-0.1, -0.05) is 19.3 Å². The lowest BCUT2D eigenvalue weighted by atomic mass is 10.1. The summed E-state index contributed by atoms with van der Waals surface area (Å²) in [5.41, 5.74) is 2.52. The van der Waals surface area contributed by atoms with Crippen molar-refractivity contribution >= 4 is 23.2 Å². The molecule has 0 unspecified atom stereocenters. The highest BCUT2D eigenvalue weighted by Crippen LogP contribution is 2.13. The smallest absolute Gasteiger partial charge is 0.224 e. The van der Waals surface area contributed by atoms with Crippen molar-refractivity contribution in [3.8, 4) is 12.1 Å². The summed E-state index contributed by atoms with van der Waals surface area (Å²) < 4.78 is 0. The lowest BCUT2D eigenvalue weighted by Gasteiger charge is -2.06. The number of hydrogen-bond acceptors (Lipinski definition) is 4. The molecule has 0 saturated heterocycles. The first-order valence-electron chi connectivity index (χ1n) is 9.71. The van der Waals surface area contributed by atoms with Crippen LogP contribution in [0.3, 0.4) is 0 Å². The number of carbonyl (C=O) groups is 2. The lowest BCUT2D eigenvalue weighted by molar-refractivity contribution is -0.117. The van der Waals surface area contributed by atoms with Crippen molar-refractivity contribution in [3.05, 3.63) is 59.7 Å². The molecule has 6 heteroatoms. The first-order valence-corrected chi connectivity index (χ1v) is 9.71. The minimum atomic E-state index is -0.0310. The maximum atomic E-state index is 11.9. The summed E-state index contributed by atoms with van der Waals surface area (Å²) in [5, 5.41) is 23.2. The molecule has 0 bridgehead atoms. The number of rotatable bonds is 10. The van der Waals surface area contributed by atoms with E-state index in [-0.39, 0.29) is 11.8 Å². The minimum Gasteiger partial charge on any atom is -0.326 e. The lowest BCUT2D eigenvalue weighted by Crippen LogP contribution is -2.11. The van der Waals surface area contributed by atoms with Gasteiger partial charge in [0.05, 0.1) is 23.3 Å². The van der Waals surface area contributed by atoms with Crippen LogP contribution in [0.2, 0.25) is 0 Å². The zero-order chi connectivity index (χ0) is 20.9. The van der Waals surface area contributed by atoms with Crippen LogP contribution >= 0.6 is 0 Å². The van der Waals surface area contributed by atoms with E-state index in [1.807, 2.05) is 12.1 Å². The van der Waals surface area contributed by atoms with E-state index in [0.717, 1.165) is 32.1 Å². The summed E-state index contributed by atoms with van der Waals surface area (Å²) in [7, 11) is 0. The second-order valence-electron chi connectivity index (χ2n) is 6.74. The molecule has 29 heavy (non-hydrogen) atoms. The Morgan fingerprint density at radius 2 is 0.966 bits per heavy atom. The molecule has 0 atom stereocenters. The van der Waals surface area contributed by atoms with E-state index >= 15 is 0 Å². The number of benzene rings is 2. The van der Waals surface area contributed by atoms with Crippen LogP contribution in [0.1, 0.15) is 56.1 Å². The summed E-state index contributed by atoms with van der Waals surface area (Å²) in [5.74, 6) is -0.0620. The van der Waals surface area contributed by atoms with Gasteiger partial charge < -0.3 is 10.6 Å². The summed E-state index contributed by atoms with van der Waals surface area (Å²) in [4.78, 5) is 23.8. The molecule has 2 aromatic rings. The number of nitrogens with one attached hydrogen (secondary N) is 2. The molecule has 0 fully saturated rings. The maximum absolute atomic E-state index is 11.9. The molecule has 2 rings (SSSR count). The van der Waals surface area contributed by atoms with Gasteiger partial charge in [-0.05, 0) is 61.4 Å². The Morgan fingerprint density at radius 1 is 0.621 bits per heavy atom. The molecule has 2 aromatic carbocycles. The largest absolute Gasteiger partial charge is 0.326 e. The summed E-state index contributed by atoms with van der Waals surface area (Å²) in [6.45, 7) is 0. The van der Waals surface area contributed by atoms with Crippen molar-refractivity contribution in [2.45, 2.75) is 44.9 Å². The van der Waals surface area contributed by atoms with Gasteiger partial charge in [-0.15, -0.1) is 0 Å². The molecule has 0 aliphatic carbocycles. The van der Waals surface area contributed by atoms with Crippen LogP contribution in [-0.4, -0.2) is 11.8 Å². The van der Waals surface area contributed by atoms with Gasteiger partial charge in [0.15, 0.2) is 0 Å². The first kappa shape index (κ1) is 21.7. The van der Waals surface area contributed by atoms with Gasteiger partial charge >= 0.3 is 0 Å². The van der Waals surface area contributed by atoms with Crippen LogP contribution in [0, 0.1) is 22.7 Å². The highest BCUT2D eigenvalue weighted by Gasteiger charge is 2.04. The molecular formula is C23H24N4O2. The second-order valence-corrected chi connectivity index (χ2v) is 6.74. The predicted octanol–water partition coefficient (Wildman–Crippen LogP) is 4.74. The molecule has 2 N–H and O–H groups in total. The van der Waals surface area contributed by atoms with E-state index < -0.39 is 0 Å². The van der Waals surface area contributed by atoms with Gasteiger partial charge in [0, 0.05) is 24.2 Å². The Balaban J connectivity index is 1.51. The third-order valence-corrected chi connectivity index (χ3v) is 4.40. The fraction of sp³-hybridized carbons (Fsp3) is 0.304. The van der Waals surface area contributed by atoms with Gasteiger partial charge in [0.1, 0.15) is 0 Å². The Morgan fingerprint density at radius 3 is 1.31 bits per heavy atom. The highest BCUT2D eigenvalue weighted by atomic mass is 16.2. The molecule has 6 nitrogen and oxygen atoms in total. The number of amides is 2. The molecule has 0 aromatic heterocycles. The number of unbranched alkanes of at least 4 members (excludes halogenated alkanes) is 4. The number of hydrogen-bond donors (Lipinski definition) is 2. The van der Waals surface area contributed by atoms with Crippen LogP contribution in [0.15, 0.2) is 48.5 Å². The van der Waals surface area contributed by atoms with Crippen LogP contribution in [0.25, 0.3) is 0 Å². The topological polar surface area (TPSA) is 106 Å². The van der Waals surface area contributed by atoms with Crippen molar-refractivity contribution in [2.75, 3.05) is 10.6 Å². The van der Waals surface area contributed by atoms with Crippen LogP contribution in [0.5, 0.6) is 0 Å². The Bertz CT molecular complexity index is 815. The maximum Gasteiger partial charge on any atom is 0.224 e. The molecular weight excluding hydrogens is 364 g/mol. The zero-order valence-corrected chi connectivity index (χ0v) is 16.3. The van der Waals surface area contributed by atoms with E-state index in [1.54, 1.807) is 48.5 Å². The van der Waals surface area contributed by atoms with E-state index in [1.165, 1.54) is 0 Å². The van der Waals surface area contributed by atoms with Crippen molar-refractivity contribution < 1.29 is 9.59 Å². The van der Waals surface area contributed by atoms with Crippen LogP contribution < -0.4 is 10.6 Å².